The van der Waals surface area contributed by atoms with Gasteiger partial charge in [0.15, 0.2) is 0 Å². The van der Waals surface area contributed by atoms with E-state index in [0.717, 1.165) is 5.56 Å². The number of hydrogen-bond donors (Lipinski definition) is 3. The summed E-state index contributed by atoms with van der Waals surface area (Å²) >= 11 is 0. The highest BCUT2D eigenvalue weighted by molar-refractivity contribution is 5.42. The van der Waals surface area contributed by atoms with Crippen LogP contribution in [0.5, 0.6) is 0 Å². The van der Waals surface area contributed by atoms with E-state index in [0.29, 0.717) is 26.1 Å². The summed E-state index contributed by atoms with van der Waals surface area (Å²) in [5, 5.41) is 39.0. The molecule has 1 aromatic carbocycles. The molecule has 7 nitrogen and oxygen atoms in total. The van der Waals surface area contributed by atoms with Crippen LogP contribution < -0.4 is 0 Å². The molecule has 1 heterocycles. The summed E-state index contributed by atoms with van der Waals surface area (Å²) in [6.45, 7) is 1.16. The van der Waals surface area contributed by atoms with E-state index in [2.05, 4.69) is 0 Å². The fourth-order valence-corrected chi connectivity index (χ4v) is 2.43. The molecule has 1 aliphatic rings. The number of aliphatic hydroxyl groups excluding tert-OH is 3. The van der Waals surface area contributed by atoms with Gasteiger partial charge in [0.1, 0.15) is 0 Å². The summed E-state index contributed by atoms with van der Waals surface area (Å²) in [5.74, 6) is 0. The molecule has 0 saturated carbocycles. The van der Waals surface area contributed by atoms with Gasteiger partial charge in [-0.1, -0.05) is 6.07 Å². The Morgan fingerprint density at radius 2 is 2.10 bits per heavy atom. The van der Waals surface area contributed by atoms with Crippen molar-refractivity contribution in [2.45, 2.75) is 31.8 Å². The molecule has 3 N–H and O–H groups in total. The Balaban J connectivity index is 2.08. The molecule has 2 unspecified atom stereocenters. The van der Waals surface area contributed by atoms with Gasteiger partial charge < -0.3 is 15.3 Å². The van der Waals surface area contributed by atoms with Gasteiger partial charge in [-0.3, -0.25) is 15.0 Å². The molecule has 0 spiro atoms. The molecule has 110 valence electrons. The van der Waals surface area contributed by atoms with Crippen LogP contribution in [0.15, 0.2) is 18.2 Å². The molecule has 1 aromatic rings. The number of benzene rings is 1. The Hall–Kier alpha value is -1.54. The smallest absolute Gasteiger partial charge is 0.274 e. The van der Waals surface area contributed by atoms with E-state index >= 15 is 0 Å². The fraction of sp³-hybridized carbons (Fsp3) is 0.538. The van der Waals surface area contributed by atoms with Crippen LogP contribution >= 0.6 is 0 Å². The molecular formula is C13H18N2O5. The van der Waals surface area contributed by atoms with Crippen LogP contribution in [0.4, 0.5) is 5.69 Å². The average Bonchev–Trinajstić information content (AvgIpc) is 2.42. The maximum absolute atomic E-state index is 10.8. The third kappa shape index (κ3) is 3.31. The summed E-state index contributed by atoms with van der Waals surface area (Å²) in [6, 6.07) is 4.64. The van der Waals surface area contributed by atoms with Crippen molar-refractivity contribution in [1.82, 2.24) is 4.90 Å². The number of aliphatic hydroxyl groups is 3. The summed E-state index contributed by atoms with van der Waals surface area (Å²) in [6.07, 6.45) is -0.948. The largest absolute Gasteiger partial charge is 0.391 e. The van der Waals surface area contributed by atoms with Crippen LogP contribution in [0.2, 0.25) is 0 Å². The van der Waals surface area contributed by atoms with E-state index in [9.17, 15) is 25.4 Å². The first-order chi connectivity index (χ1) is 9.51. The SMILES string of the molecule is O=[N+]([O-])c1ccc(CN2CCC(O)C(O)C2)cc1CO. The second-order valence-corrected chi connectivity index (χ2v) is 5.04. The molecule has 0 aliphatic carbocycles. The van der Waals surface area contributed by atoms with Crippen molar-refractivity contribution in [2.75, 3.05) is 13.1 Å². The summed E-state index contributed by atoms with van der Waals surface area (Å²) in [4.78, 5) is 12.2. The number of likely N-dealkylation sites (tertiary alicyclic amines) is 1. The molecule has 0 bridgehead atoms. The van der Waals surface area contributed by atoms with Crippen LogP contribution in [-0.4, -0.2) is 50.4 Å². The highest BCUT2D eigenvalue weighted by Gasteiger charge is 2.26. The zero-order valence-corrected chi connectivity index (χ0v) is 11.0. The Morgan fingerprint density at radius 1 is 1.35 bits per heavy atom. The van der Waals surface area contributed by atoms with E-state index in [4.69, 9.17) is 0 Å². The zero-order valence-electron chi connectivity index (χ0n) is 11.0. The Labute approximate surface area is 116 Å². The van der Waals surface area contributed by atoms with Gasteiger partial charge in [0.25, 0.3) is 5.69 Å². The van der Waals surface area contributed by atoms with E-state index in [1.54, 1.807) is 12.1 Å². The Bertz CT molecular complexity index is 494. The number of hydrogen-bond acceptors (Lipinski definition) is 6. The van der Waals surface area contributed by atoms with Crippen molar-refractivity contribution < 1.29 is 20.2 Å². The topological polar surface area (TPSA) is 107 Å². The predicted molar refractivity (Wildman–Crippen MR) is 70.9 cm³/mol. The molecule has 1 saturated heterocycles. The van der Waals surface area contributed by atoms with Crippen LogP contribution in [0.3, 0.4) is 0 Å². The quantitative estimate of drug-likeness (QED) is 0.530. The second kappa shape index (κ2) is 6.27. The van der Waals surface area contributed by atoms with Gasteiger partial charge >= 0.3 is 0 Å². The first-order valence-electron chi connectivity index (χ1n) is 6.47. The lowest BCUT2D eigenvalue weighted by Gasteiger charge is -2.33. The monoisotopic (exact) mass is 282 g/mol. The van der Waals surface area contributed by atoms with Crippen LogP contribution in [0.25, 0.3) is 0 Å². The molecule has 2 atom stereocenters. The van der Waals surface area contributed by atoms with Gasteiger partial charge in [-0.2, -0.15) is 0 Å². The van der Waals surface area contributed by atoms with Gasteiger partial charge in [-0.25, -0.2) is 0 Å². The van der Waals surface area contributed by atoms with Crippen LogP contribution in [0, 0.1) is 10.1 Å². The molecule has 1 aliphatic heterocycles. The standard InChI is InChI=1S/C13H18N2O5/c16-8-10-5-9(1-2-11(10)15(19)20)6-14-4-3-12(17)13(18)7-14/h1-2,5,12-13,16-18H,3-4,6-8H2. The van der Waals surface area contributed by atoms with Crippen molar-refractivity contribution in [1.29, 1.82) is 0 Å². The predicted octanol–water partition coefficient (Wildman–Crippen LogP) is 0.0146. The molecule has 0 radical (unpaired) electrons. The van der Waals surface area contributed by atoms with Crippen LogP contribution in [-0.2, 0) is 13.2 Å². The zero-order chi connectivity index (χ0) is 14.7. The van der Waals surface area contributed by atoms with E-state index in [1.807, 2.05) is 4.90 Å². The Morgan fingerprint density at radius 3 is 2.70 bits per heavy atom. The summed E-state index contributed by atoms with van der Waals surface area (Å²) in [5.41, 5.74) is 1.03. The molecular weight excluding hydrogens is 264 g/mol. The lowest BCUT2D eigenvalue weighted by Crippen LogP contribution is -2.46. The Kier molecular flexibility index (Phi) is 4.66. The summed E-state index contributed by atoms with van der Waals surface area (Å²) < 4.78 is 0. The van der Waals surface area contributed by atoms with E-state index < -0.39 is 17.1 Å². The fourth-order valence-electron chi connectivity index (χ4n) is 2.43. The van der Waals surface area contributed by atoms with Gasteiger partial charge in [0, 0.05) is 25.7 Å². The number of nitro groups is 1. The lowest BCUT2D eigenvalue weighted by molar-refractivity contribution is -0.385. The maximum Gasteiger partial charge on any atom is 0.274 e. The molecule has 0 aromatic heterocycles. The van der Waals surface area contributed by atoms with Gasteiger partial charge in [0.2, 0.25) is 0 Å². The highest BCUT2D eigenvalue weighted by atomic mass is 16.6. The number of rotatable bonds is 4. The molecule has 1 fully saturated rings. The molecule has 2 rings (SSSR count). The summed E-state index contributed by atoms with van der Waals surface area (Å²) in [7, 11) is 0. The second-order valence-electron chi connectivity index (χ2n) is 5.04. The number of piperidine rings is 1. The third-order valence-electron chi connectivity index (χ3n) is 3.55. The minimum Gasteiger partial charge on any atom is -0.391 e. The average molecular weight is 282 g/mol. The number of nitro benzene ring substituents is 1. The van der Waals surface area contributed by atoms with Crippen molar-refractivity contribution in [2.24, 2.45) is 0 Å². The maximum atomic E-state index is 10.8. The molecule has 0 amide bonds. The third-order valence-corrected chi connectivity index (χ3v) is 3.55. The highest BCUT2D eigenvalue weighted by Crippen LogP contribution is 2.22. The van der Waals surface area contributed by atoms with Crippen LogP contribution in [0.1, 0.15) is 17.5 Å². The van der Waals surface area contributed by atoms with Crippen molar-refractivity contribution >= 4 is 5.69 Å². The normalized spacial score (nSPS) is 23.8. The van der Waals surface area contributed by atoms with E-state index in [-0.39, 0.29) is 17.9 Å². The minimum absolute atomic E-state index is 0.0923. The first-order valence-corrected chi connectivity index (χ1v) is 6.47. The van der Waals surface area contributed by atoms with Gasteiger partial charge in [-0.05, 0) is 18.1 Å². The number of β-amino-alcohol motifs (C(OH)–C–C–N with tert-alkyl or cyclic N) is 1. The minimum atomic E-state index is -0.765. The first kappa shape index (κ1) is 14.9. The lowest BCUT2D eigenvalue weighted by atomic mass is 10.0. The van der Waals surface area contributed by atoms with E-state index in [1.165, 1.54) is 6.07 Å². The molecule has 20 heavy (non-hydrogen) atoms. The van der Waals surface area contributed by atoms with Crippen molar-refractivity contribution in [3.8, 4) is 0 Å². The van der Waals surface area contributed by atoms with Gasteiger partial charge in [-0.15, -0.1) is 0 Å². The van der Waals surface area contributed by atoms with Crippen molar-refractivity contribution in [3.63, 3.8) is 0 Å². The number of nitrogens with zero attached hydrogens (tertiary/aromatic N) is 2. The van der Waals surface area contributed by atoms with Crippen molar-refractivity contribution in [3.05, 3.63) is 39.4 Å². The van der Waals surface area contributed by atoms with Gasteiger partial charge in [0.05, 0.1) is 29.3 Å². The molecule has 7 heteroatoms.